The Morgan fingerprint density at radius 3 is 2.15 bits per heavy atom. The number of rotatable bonds is 4. The number of nitrogens with one attached hydrogen (secondary N) is 1. The first-order valence-corrected chi connectivity index (χ1v) is 7.32. The van der Waals surface area contributed by atoms with Crippen molar-refractivity contribution in [3.05, 3.63) is 35.9 Å². The summed E-state index contributed by atoms with van der Waals surface area (Å²) in [6.45, 7) is -0.608. The molecule has 0 spiro atoms. The van der Waals surface area contributed by atoms with E-state index in [2.05, 4.69) is 9.47 Å². The Morgan fingerprint density at radius 2 is 1.67 bits per heavy atom. The minimum atomic E-state index is -6.08. The van der Waals surface area contributed by atoms with Crippen molar-refractivity contribution in [3.63, 3.8) is 0 Å². The van der Waals surface area contributed by atoms with Gasteiger partial charge in [-0.2, -0.15) is 26.3 Å². The second-order valence-corrected chi connectivity index (χ2v) is 5.75. The largest absolute Gasteiger partial charge is 0.465 e. The van der Waals surface area contributed by atoms with E-state index in [-0.39, 0.29) is 6.61 Å². The monoisotopic (exact) mass is 401 g/mol. The zero-order valence-corrected chi connectivity index (χ0v) is 13.6. The van der Waals surface area contributed by atoms with E-state index in [1.165, 1.54) is 0 Å². The Balaban J connectivity index is 2.03. The number of ether oxygens (including phenoxy) is 3. The number of amides is 1. The Bertz CT molecular complexity index is 691. The first-order chi connectivity index (χ1) is 12.3. The fourth-order valence-electron chi connectivity index (χ4n) is 2.13. The summed E-state index contributed by atoms with van der Waals surface area (Å²) >= 11 is 0. The van der Waals surface area contributed by atoms with Gasteiger partial charge in [0.1, 0.15) is 6.61 Å². The fourth-order valence-corrected chi connectivity index (χ4v) is 2.13. The van der Waals surface area contributed by atoms with Crippen molar-refractivity contribution in [2.75, 3.05) is 6.54 Å². The van der Waals surface area contributed by atoms with Gasteiger partial charge < -0.3 is 19.5 Å². The van der Waals surface area contributed by atoms with Gasteiger partial charge in [0, 0.05) is 0 Å². The van der Waals surface area contributed by atoms with Gasteiger partial charge in [-0.05, 0) is 12.5 Å². The summed E-state index contributed by atoms with van der Waals surface area (Å²) in [7, 11) is 0. The van der Waals surface area contributed by atoms with Crippen molar-refractivity contribution in [3.8, 4) is 0 Å². The Hall–Kier alpha value is -2.50. The van der Waals surface area contributed by atoms with Crippen molar-refractivity contribution in [2.24, 2.45) is 0 Å². The maximum absolute atomic E-state index is 12.9. The van der Waals surface area contributed by atoms with Crippen LogP contribution in [0, 0.1) is 0 Å². The van der Waals surface area contributed by atoms with Crippen LogP contribution >= 0.6 is 0 Å². The molecule has 0 bridgehead atoms. The van der Waals surface area contributed by atoms with Gasteiger partial charge in [-0.1, -0.05) is 30.3 Å². The molecule has 1 saturated heterocycles. The molecule has 6 nitrogen and oxygen atoms in total. The minimum Gasteiger partial charge on any atom is -0.445 e. The van der Waals surface area contributed by atoms with Crippen LogP contribution in [0.4, 0.5) is 31.1 Å². The summed E-state index contributed by atoms with van der Waals surface area (Å²) in [5.41, 5.74) is -2.14. The quantitative estimate of drug-likeness (QED) is 0.620. The summed E-state index contributed by atoms with van der Waals surface area (Å²) in [5.74, 6) is -7.04. The van der Waals surface area contributed by atoms with Gasteiger partial charge in [0.25, 0.3) is 0 Å². The number of alkyl carbamates (subject to hydrolysis) is 1. The van der Waals surface area contributed by atoms with E-state index >= 15 is 0 Å². The standard InChI is InChI=1S/C15H13F6NO5/c1-12(8-22-11(24)25-7-9-5-3-2-4-6-9)10(23)26-13(27-12,14(16,17)18)15(19,20)21/h2-6H,7-8H2,1H3,(H,22,24)/t12-/m0/s1. The van der Waals surface area contributed by atoms with E-state index in [0.29, 0.717) is 12.5 Å². The van der Waals surface area contributed by atoms with Crippen LogP contribution < -0.4 is 5.32 Å². The van der Waals surface area contributed by atoms with E-state index in [1.807, 2.05) is 5.32 Å². The predicted octanol–water partition coefficient (Wildman–Crippen LogP) is 3.07. The molecule has 1 N–H and O–H groups in total. The highest BCUT2D eigenvalue weighted by atomic mass is 19.4. The Kier molecular flexibility index (Phi) is 5.32. The predicted molar refractivity (Wildman–Crippen MR) is 75.1 cm³/mol. The normalized spacial score (nSPS) is 22.3. The molecule has 1 fully saturated rings. The van der Waals surface area contributed by atoms with E-state index in [0.717, 1.165) is 0 Å². The smallest absolute Gasteiger partial charge is 0.445 e. The highest BCUT2D eigenvalue weighted by molar-refractivity contribution is 5.82. The van der Waals surface area contributed by atoms with Crippen molar-refractivity contribution in [1.82, 2.24) is 5.32 Å². The van der Waals surface area contributed by atoms with Crippen molar-refractivity contribution in [1.29, 1.82) is 0 Å². The molecule has 1 aliphatic rings. The lowest BCUT2D eigenvalue weighted by molar-refractivity contribution is -0.444. The van der Waals surface area contributed by atoms with E-state index in [1.54, 1.807) is 30.3 Å². The summed E-state index contributed by atoms with van der Waals surface area (Å²) < 4.78 is 89.7. The molecule has 27 heavy (non-hydrogen) atoms. The Labute approximate surface area is 148 Å². The molecule has 1 atom stereocenters. The Morgan fingerprint density at radius 1 is 1.11 bits per heavy atom. The topological polar surface area (TPSA) is 73.9 Å². The van der Waals surface area contributed by atoms with Crippen LogP contribution in [0.5, 0.6) is 0 Å². The maximum Gasteiger partial charge on any atom is 0.465 e. The second kappa shape index (κ2) is 6.91. The molecule has 1 amide bonds. The number of benzene rings is 1. The molecule has 0 aromatic heterocycles. The van der Waals surface area contributed by atoms with Gasteiger partial charge in [-0.15, -0.1) is 0 Å². The molecule has 1 aliphatic heterocycles. The number of cyclic esters (lactones) is 1. The SMILES string of the molecule is C[C@@]1(CNC(=O)OCc2ccccc2)OC(C(F)(F)F)(C(F)(F)F)OC1=O. The third kappa shape index (κ3) is 4.10. The van der Waals surface area contributed by atoms with Crippen LogP contribution in [0.2, 0.25) is 0 Å². The molecule has 0 unspecified atom stereocenters. The number of alkyl halides is 6. The maximum atomic E-state index is 12.9. The van der Waals surface area contributed by atoms with Gasteiger partial charge >= 0.3 is 30.2 Å². The average molecular weight is 401 g/mol. The number of hydrogen-bond donors (Lipinski definition) is 1. The third-order valence-corrected chi connectivity index (χ3v) is 3.57. The molecule has 1 aromatic rings. The zero-order chi connectivity index (χ0) is 20.5. The van der Waals surface area contributed by atoms with Gasteiger partial charge in [-0.25, -0.2) is 9.59 Å². The lowest BCUT2D eigenvalue weighted by Gasteiger charge is -2.31. The van der Waals surface area contributed by atoms with E-state index in [9.17, 15) is 35.9 Å². The number of carbonyl (C=O) groups excluding carboxylic acids is 2. The highest BCUT2D eigenvalue weighted by Gasteiger charge is 2.82. The second-order valence-electron chi connectivity index (χ2n) is 5.75. The molecular weight excluding hydrogens is 388 g/mol. The van der Waals surface area contributed by atoms with Gasteiger partial charge in [-0.3, -0.25) is 0 Å². The van der Waals surface area contributed by atoms with Crippen LogP contribution in [0.1, 0.15) is 12.5 Å². The number of esters is 1. The number of carbonyl (C=O) groups is 2. The number of halogens is 6. The minimum absolute atomic E-state index is 0.205. The van der Waals surface area contributed by atoms with Crippen LogP contribution in [-0.4, -0.2) is 42.3 Å². The van der Waals surface area contributed by atoms with Gasteiger partial charge in [0.15, 0.2) is 5.60 Å². The number of hydrogen-bond acceptors (Lipinski definition) is 5. The first-order valence-electron chi connectivity index (χ1n) is 7.32. The molecule has 0 radical (unpaired) electrons. The van der Waals surface area contributed by atoms with Crippen LogP contribution in [-0.2, 0) is 25.6 Å². The fraction of sp³-hybridized carbons (Fsp3) is 0.467. The van der Waals surface area contributed by atoms with Gasteiger partial charge in [0.05, 0.1) is 6.54 Å². The van der Waals surface area contributed by atoms with Crippen LogP contribution in [0.3, 0.4) is 0 Å². The average Bonchev–Trinajstić information content (AvgIpc) is 2.85. The third-order valence-electron chi connectivity index (χ3n) is 3.57. The molecule has 0 aliphatic carbocycles. The molecule has 12 heteroatoms. The van der Waals surface area contributed by atoms with E-state index < -0.39 is 42.3 Å². The highest BCUT2D eigenvalue weighted by Crippen LogP contribution is 2.52. The lowest BCUT2D eigenvalue weighted by atomic mass is 10.1. The van der Waals surface area contributed by atoms with Gasteiger partial charge in [0.2, 0.25) is 0 Å². The van der Waals surface area contributed by atoms with Crippen molar-refractivity contribution >= 4 is 12.1 Å². The summed E-state index contributed by atoms with van der Waals surface area (Å²) in [6.07, 6.45) is -13.3. The zero-order valence-electron chi connectivity index (χ0n) is 13.6. The summed E-state index contributed by atoms with van der Waals surface area (Å²) in [5, 5.41) is 1.88. The molecular formula is C15H13F6NO5. The van der Waals surface area contributed by atoms with Crippen molar-refractivity contribution in [2.45, 2.75) is 37.3 Å². The van der Waals surface area contributed by atoms with Crippen LogP contribution in [0.25, 0.3) is 0 Å². The molecule has 1 aromatic carbocycles. The van der Waals surface area contributed by atoms with Crippen molar-refractivity contribution < 1.29 is 50.1 Å². The molecule has 0 saturated carbocycles. The lowest BCUT2D eigenvalue weighted by Crippen LogP contribution is -2.59. The molecule has 2 rings (SSSR count). The van der Waals surface area contributed by atoms with E-state index in [4.69, 9.17) is 4.74 Å². The summed E-state index contributed by atoms with van der Waals surface area (Å²) in [6, 6.07) is 8.27. The first kappa shape index (κ1) is 20.8. The molecule has 1 heterocycles. The molecule has 150 valence electrons. The summed E-state index contributed by atoms with van der Waals surface area (Å²) in [4.78, 5) is 23.2. The van der Waals surface area contributed by atoms with Crippen LogP contribution in [0.15, 0.2) is 30.3 Å².